The molecule has 0 fully saturated rings. The van der Waals surface area contributed by atoms with Crippen molar-refractivity contribution in [1.82, 2.24) is 9.88 Å². The Morgan fingerprint density at radius 1 is 1.29 bits per heavy atom. The van der Waals surface area contributed by atoms with Gasteiger partial charge in [-0.15, -0.1) is 0 Å². The molecule has 4 nitrogen and oxygen atoms in total. The van der Waals surface area contributed by atoms with E-state index in [0.29, 0.717) is 13.0 Å². The number of aryl methyl sites for hydroxylation is 1. The molecule has 108 valence electrons. The fraction of sp³-hybridized carbons (Fsp3) is 0.294. The average Bonchev–Trinajstić information content (AvgIpc) is 2.54. The molecule has 0 spiro atoms. The van der Waals surface area contributed by atoms with Crippen molar-refractivity contribution >= 4 is 11.6 Å². The SMILES string of the molecule is Nc1cccc2c1CN(C(=O)CCc1cccnc1)CC2. The van der Waals surface area contributed by atoms with Gasteiger partial charge in [-0.25, -0.2) is 0 Å². The van der Waals surface area contributed by atoms with E-state index in [1.165, 1.54) is 5.56 Å². The van der Waals surface area contributed by atoms with Crippen molar-refractivity contribution < 1.29 is 4.79 Å². The Morgan fingerprint density at radius 2 is 2.19 bits per heavy atom. The number of pyridine rings is 1. The Bertz CT molecular complexity index is 640. The molecule has 1 aliphatic rings. The van der Waals surface area contributed by atoms with Gasteiger partial charge in [0.25, 0.3) is 0 Å². The Balaban J connectivity index is 1.63. The second-order valence-electron chi connectivity index (χ2n) is 5.41. The molecule has 0 unspecified atom stereocenters. The van der Waals surface area contributed by atoms with Gasteiger partial charge in [0.2, 0.25) is 5.91 Å². The Hall–Kier alpha value is -2.36. The predicted molar refractivity (Wildman–Crippen MR) is 82.5 cm³/mol. The van der Waals surface area contributed by atoms with E-state index in [2.05, 4.69) is 11.1 Å². The maximum absolute atomic E-state index is 12.4. The predicted octanol–water partition coefficient (Wildman–Crippen LogP) is 2.18. The van der Waals surface area contributed by atoms with E-state index in [1.54, 1.807) is 6.20 Å². The van der Waals surface area contributed by atoms with Crippen LogP contribution in [0.15, 0.2) is 42.7 Å². The lowest BCUT2D eigenvalue weighted by Gasteiger charge is -2.29. The molecule has 0 atom stereocenters. The summed E-state index contributed by atoms with van der Waals surface area (Å²) < 4.78 is 0. The minimum Gasteiger partial charge on any atom is -0.398 e. The van der Waals surface area contributed by atoms with E-state index in [9.17, 15) is 4.79 Å². The van der Waals surface area contributed by atoms with Crippen molar-refractivity contribution in [3.05, 3.63) is 59.4 Å². The number of aromatic nitrogens is 1. The molecule has 1 aliphatic heterocycles. The first-order valence-corrected chi connectivity index (χ1v) is 7.27. The molecule has 0 saturated heterocycles. The third kappa shape index (κ3) is 3.05. The summed E-state index contributed by atoms with van der Waals surface area (Å²) in [4.78, 5) is 18.3. The number of nitrogen functional groups attached to an aromatic ring is 1. The number of benzene rings is 1. The molecular weight excluding hydrogens is 262 g/mol. The summed E-state index contributed by atoms with van der Waals surface area (Å²) in [6, 6.07) is 9.89. The van der Waals surface area contributed by atoms with E-state index in [-0.39, 0.29) is 5.91 Å². The standard InChI is InChI=1S/C17H19N3O/c18-16-5-1-4-14-8-10-20(12-15(14)16)17(21)7-6-13-3-2-9-19-11-13/h1-5,9,11H,6-8,10,12,18H2. The number of fused-ring (bicyclic) bond motifs is 1. The van der Waals surface area contributed by atoms with Crippen molar-refractivity contribution in [2.45, 2.75) is 25.8 Å². The molecule has 21 heavy (non-hydrogen) atoms. The van der Waals surface area contributed by atoms with Gasteiger partial charge in [0.15, 0.2) is 0 Å². The van der Waals surface area contributed by atoms with Crippen LogP contribution in [-0.4, -0.2) is 22.3 Å². The first kappa shape index (κ1) is 13.6. The molecule has 0 aliphatic carbocycles. The molecule has 2 N–H and O–H groups in total. The zero-order chi connectivity index (χ0) is 14.7. The zero-order valence-corrected chi connectivity index (χ0v) is 12.0. The molecule has 1 aromatic heterocycles. The Kier molecular flexibility index (Phi) is 3.86. The molecule has 0 saturated carbocycles. The number of hydrogen-bond acceptors (Lipinski definition) is 3. The highest BCUT2D eigenvalue weighted by Crippen LogP contribution is 2.24. The highest BCUT2D eigenvalue weighted by Gasteiger charge is 2.21. The zero-order valence-electron chi connectivity index (χ0n) is 12.0. The number of carbonyl (C=O) groups excluding carboxylic acids is 1. The molecule has 3 rings (SSSR count). The van der Waals surface area contributed by atoms with Gasteiger partial charge in [-0.3, -0.25) is 9.78 Å². The highest BCUT2D eigenvalue weighted by atomic mass is 16.2. The lowest BCUT2D eigenvalue weighted by atomic mass is 9.97. The molecule has 4 heteroatoms. The largest absolute Gasteiger partial charge is 0.398 e. The van der Waals surface area contributed by atoms with Crippen LogP contribution in [0.3, 0.4) is 0 Å². The quantitative estimate of drug-likeness (QED) is 0.877. The van der Waals surface area contributed by atoms with Gasteiger partial charge in [-0.2, -0.15) is 0 Å². The van der Waals surface area contributed by atoms with Crippen molar-refractivity contribution in [3.63, 3.8) is 0 Å². The number of nitrogens with two attached hydrogens (primary N) is 1. The Morgan fingerprint density at radius 3 is 3.00 bits per heavy atom. The second kappa shape index (κ2) is 5.95. The van der Waals surface area contributed by atoms with Gasteiger partial charge >= 0.3 is 0 Å². The number of anilines is 1. The summed E-state index contributed by atoms with van der Waals surface area (Å²) in [5, 5.41) is 0. The highest BCUT2D eigenvalue weighted by molar-refractivity contribution is 5.77. The number of hydrogen-bond donors (Lipinski definition) is 1. The molecule has 0 bridgehead atoms. The van der Waals surface area contributed by atoms with Crippen LogP contribution >= 0.6 is 0 Å². The Labute approximate surface area is 124 Å². The maximum Gasteiger partial charge on any atom is 0.223 e. The van der Waals surface area contributed by atoms with Crippen LogP contribution < -0.4 is 5.73 Å². The first-order chi connectivity index (χ1) is 10.2. The monoisotopic (exact) mass is 281 g/mol. The molecule has 0 radical (unpaired) electrons. The molecular formula is C17H19N3O. The van der Waals surface area contributed by atoms with E-state index < -0.39 is 0 Å². The number of amides is 1. The maximum atomic E-state index is 12.4. The van der Waals surface area contributed by atoms with E-state index in [1.807, 2.05) is 35.4 Å². The molecule has 1 amide bonds. The summed E-state index contributed by atoms with van der Waals surface area (Å²) >= 11 is 0. The summed E-state index contributed by atoms with van der Waals surface area (Å²) in [5.74, 6) is 0.188. The van der Waals surface area contributed by atoms with Crippen LogP contribution in [0.5, 0.6) is 0 Å². The minimum atomic E-state index is 0.188. The normalized spacial score (nSPS) is 13.8. The van der Waals surface area contributed by atoms with Crippen molar-refractivity contribution in [2.75, 3.05) is 12.3 Å². The molecule has 2 heterocycles. The topological polar surface area (TPSA) is 59.2 Å². The van der Waals surface area contributed by atoms with Gasteiger partial charge in [0, 0.05) is 37.6 Å². The van der Waals surface area contributed by atoms with Crippen LogP contribution in [0.4, 0.5) is 5.69 Å². The molecule has 1 aromatic carbocycles. The van der Waals surface area contributed by atoms with E-state index in [0.717, 1.165) is 36.2 Å². The second-order valence-corrected chi connectivity index (χ2v) is 5.41. The summed E-state index contributed by atoms with van der Waals surface area (Å²) in [5.41, 5.74) is 10.3. The smallest absolute Gasteiger partial charge is 0.223 e. The lowest BCUT2D eigenvalue weighted by Crippen LogP contribution is -2.36. The summed E-state index contributed by atoms with van der Waals surface area (Å²) in [7, 11) is 0. The van der Waals surface area contributed by atoms with Crippen LogP contribution in [0.1, 0.15) is 23.1 Å². The third-order valence-electron chi connectivity index (χ3n) is 4.01. The van der Waals surface area contributed by atoms with Gasteiger partial charge in [-0.1, -0.05) is 18.2 Å². The average molecular weight is 281 g/mol. The molecule has 2 aromatic rings. The van der Waals surface area contributed by atoms with Crippen molar-refractivity contribution in [3.8, 4) is 0 Å². The fourth-order valence-electron chi connectivity index (χ4n) is 2.78. The number of rotatable bonds is 3. The van der Waals surface area contributed by atoms with Crippen LogP contribution in [-0.2, 0) is 24.2 Å². The summed E-state index contributed by atoms with van der Waals surface area (Å²) in [6.45, 7) is 1.41. The van der Waals surface area contributed by atoms with Crippen molar-refractivity contribution in [2.24, 2.45) is 0 Å². The lowest BCUT2D eigenvalue weighted by molar-refractivity contribution is -0.132. The summed E-state index contributed by atoms with van der Waals surface area (Å²) in [6.07, 6.45) is 5.71. The number of nitrogens with zero attached hydrogens (tertiary/aromatic N) is 2. The van der Waals surface area contributed by atoms with Crippen LogP contribution in [0, 0.1) is 0 Å². The van der Waals surface area contributed by atoms with E-state index in [4.69, 9.17) is 5.73 Å². The van der Waals surface area contributed by atoms with Gasteiger partial charge in [-0.05, 0) is 41.7 Å². The minimum absolute atomic E-state index is 0.188. The number of carbonyl (C=O) groups is 1. The van der Waals surface area contributed by atoms with Crippen LogP contribution in [0.2, 0.25) is 0 Å². The van der Waals surface area contributed by atoms with E-state index >= 15 is 0 Å². The van der Waals surface area contributed by atoms with Gasteiger partial charge in [0.05, 0.1) is 0 Å². The van der Waals surface area contributed by atoms with Gasteiger partial charge < -0.3 is 10.6 Å². The van der Waals surface area contributed by atoms with Gasteiger partial charge in [0.1, 0.15) is 0 Å². The first-order valence-electron chi connectivity index (χ1n) is 7.27. The fourth-order valence-corrected chi connectivity index (χ4v) is 2.78. The van der Waals surface area contributed by atoms with Crippen LogP contribution in [0.25, 0.3) is 0 Å². The van der Waals surface area contributed by atoms with Crippen molar-refractivity contribution in [1.29, 1.82) is 0 Å². The third-order valence-corrected chi connectivity index (χ3v) is 4.01.